The van der Waals surface area contributed by atoms with E-state index in [1.165, 1.54) is 31.0 Å². The number of hydrogen-bond acceptors (Lipinski definition) is 6. The molecule has 1 N–H and O–H groups in total. The van der Waals surface area contributed by atoms with Crippen molar-refractivity contribution in [3.8, 4) is 5.75 Å². The van der Waals surface area contributed by atoms with Gasteiger partial charge in [0.25, 0.3) is 5.91 Å². The summed E-state index contributed by atoms with van der Waals surface area (Å²) in [6, 6.07) is 9.34. The number of methoxy groups -OCH3 is 1. The number of carbonyl (C=O) groups is 1. The Morgan fingerprint density at radius 2 is 1.92 bits per heavy atom. The summed E-state index contributed by atoms with van der Waals surface area (Å²) in [6.07, 6.45) is -3.03. The van der Waals surface area contributed by atoms with Crippen molar-refractivity contribution in [1.82, 2.24) is 20.0 Å². The summed E-state index contributed by atoms with van der Waals surface area (Å²) in [4.78, 5) is 22.0. The van der Waals surface area contributed by atoms with Crippen LogP contribution in [0.4, 0.5) is 13.2 Å². The second-order valence-corrected chi connectivity index (χ2v) is 9.75. The molecule has 1 saturated heterocycles. The molecule has 0 unspecified atom stereocenters. The lowest BCUT2D eigenvalue weighted by molar-refractivity contribution is -0.138. The van der Waals surface area contributed by atoms with Crippen LogP contribution in [-0.2, 0) is 17.4 Å². The molecule has 5 rings (SSSR count). The number of fused-ring (bicyclic) bond motifs is 1. The summed E-state index contributed by atoms with van der Waals surface area (Å²) in [5.41, 5.74) is 1.21. The van der Waals surface area contributed by atoms with Crippen molar-refractivity contribution >= 4 is 39.3 Å². The highest BCUT2D eigenvalue weighted by Gasteiger charge is 2.36. The molecule has 2 aromatic carbocycles. The number of thioether (sulfide) groups is 1. The van der Waals surface area contributed by atoms with E-state index in [0.29, 0.717) is 21.2 Å². The summed E-state index contributed by atoms with van der Waals surface area (Å²) in [7, 11) is 3.36. The number of nitrogens with one attached hydrogen (secondary N) is 1. The molecule has 7 nitrogen and oxygen atoms in total. The molecule has 2 aliphatic heterocycles. The smallest absolute Gasteiger partial charge is 0.416 e. The molecular weight excluding hydrogens is 491 g/mol. The first-order valence-electron chi connectivity index (χ1n) is 11.4. The maximum Gasteiger partial charge on any atom is 0.416 e. The van der Waals surface area contributed by atoms with Gasteiger partial charge in [0.05, 0.1) is 29.3 Å². The van der Waals surface area contributed by atoms with E-state index in [-0.39, 0.29) is 17.7 Å². The zero-order valence-electron chi connectivity index (χ0n) is 19.7. The van der Waals surface area contributed by atoms with E-state index in [1.54, 1.807) is 12.3 Å². The highest BCUT2D eigenvalue weighted by Crippen LogP contribution is 2.41. The van der Waals surface area contributed by atoms with Gasteiger partial charge in [-0.2, -0.15) is 23.3 Å². The summed E-state index contributed by atoms with van der Waals surface area (Å²) in [5.74, 6) is -0.314. The molecule has 1 fully saturated rings. The molecule has 36 heavy (non-hydrogen) atoms. The number of benzene rings is 2. The number of likely N-dealkylation sites (N-methyl/N-ethyl adjacent to an activating group) is 1. The summed E-state index contributed by atoms with van der Waals surface area (Å²) >= 11 is 1.24. The number of rotatable bonds is 4. The Bertz CT molecular complexity index is 1370. The van der Waals surface area contributed by atoms with E-state index < -0.39 is 17.6 Å². The molecule has 0 atom stereocenters. The average molecular weight is 516 g/mol. The lowest BCUT2D eigenvalue weighted by Gasteiger charge is -2.33. The monoisotopic (exact) mass is 515 g/mol. The Hall–Kier alpha value is -3.31. The lowest BCUT2D eigenvalue weighted by Crippen LogP contribution is -2.46. The van der Waals surface area contributed by atoms with Crippen molar-refractivity contribution < 1.29 is 22.7 Å². The van der Waals surface area contributed by atoms with E-state index in [1.807, 2.05) is 19.2 Å². The molecule has 2 aliphatic rings. The van der Waals surface area contributed by atoms with E-state index in [0.717, 1.165) is 43.1 Å². The van der Waals surface area contributed by atoms with Gasteiger partial charge in [-0.15, -0.1) is 0 Å². The van der Waals surface area contributed by atoms with Crippen molar-refractivity contribution in [1.29, 1.82) is 0 Å². The number of carbonyl (C=O) groups excluding carboxylic acids is 1. The standard InChI is InChI=1S/C25H24F3N5O2S/c1-32-7-9-33(10-8-32)24-30-23(34)22(36-24)19(15-4-6-21-17(11-15)14-29-31-21)12-16-3-5-18(35-2)13-20(16)25(26,27)28/h3-6,11,13-14H,7-10,12H2,1-2H3,(H,29,31). The summed E-state index contributed by atoms with van der Waals surface area (Å²) < 4.78 is 47.0. The highest BCUT2D eigenvalue weighted by molar-refractivity contribution is 8.18. The number of aromatic nitrogens is 2. The molecule has 0 aliphatic carbocycles. The van der Waals surface area contributed by atoms with E-state index in [9.17, 15) is 18.0 Å². The van der Waals surface area contributed by atoms with Crippen molar-refractivity contribution in [2.24, 2.45) is 4.99 Å². The molecule has 0 spiro atoms. The molecule has 188 valence electrons. The predicted molar refractivity (Wildman–Crippen MR) is 134 cm³/mol. The molecule has 0 radical (unpaired) electrons. The molecule has 3 heterocycles. The zero-order valence-corrected chi connectivity index (χ0v) is 20.5. The molecule has 11 heteroatoms. The van der Waals surface area contributed by atoms with E-state index in [2.05, 4.69) is 25.0 Å². The Balaban J connectivity index is 1.58. The van der Waals surface area contributed by atoms with Gasteiger partial charge >= 0.3 is 6.18 Å². The van der Waals surface area contributed by atoms with Gasteiger partial charge < -0.3 is 14.5 Å². The number of hydrogen-bond donors (Lipinski definition) is 1. The van der Waals surface area contributed by atoms with Gasteiger partial charge in [0.2, 0.25) is 0 Å². The van der Waals surface area contributed by atoms with Crippen LogP contribution in [0, 0.1) is 0 Å². The van der Waals surface area contributed by atoms with Crippen LogP contribution in [0.3, 0.4) is 0 Å². The largest absolute Gasteiger partial charge is 0.497 e. The minimum atomic E-state index is -4.58. The normalized spacial score (nSPS) is 18.6. The number of H-pyrrole nitrogens is 1. The topological polar surface area (TPSA) is 73.8 Å². The van der Waals surface area contributed by atoms with Gasteiger partial charge in [0.1, 0.15) is 5.75 Å². The molecule has 0 bridgehead atoms. The number of alkyl halides is 3. The third-order valence-electron chi connectivity index (χ3n) is 6.41. The maximum atomic E-state index is 14.0. The third-order valence-corrected chi connectivity index (χ3v) is 7.57. The number of nitrogens with zero attached hydrogens (tertiary/aromatic N) is 4. The van der Waals surface area contributed by atoms with Crippen LogP contribution in [0.15, 0.2) is 52.5 Å². The number of aromatic amines is 1. The van der Waals surface area contributed by atoms with Crippen molar-refractivity contribution in [3.63, 3.8) is 0 Å². The van der Waals surface area contributed by atoms with Gasteiger partial charge in [-0.25, -0.2) is 0 Å². The minimum absolute atomic E-state index is 0.0551. The van der Waals surface area contributed by atoms with Crippen LogP contribution in [0.5, 0.6) is 5.75 Å². The number of piperazine rings is 1. The minimum Gasteiger partial charge on any atom is -0.497 e. The SMILES string of the molecule is COc1ccc(CC(=C2SC(N3CCN(C)CC3)=NC2=O)c2ccc3[nH]ncc3c2)c(C(F)(F)F)c1. The third kappa shape index (κ3) is 4.85. The second kappa shape index (κ2) is 9.62. The number of amides is 1. The number of amidine groups is 1. The Morgan fingerprint density at radius 1 is 1.14 bits per heavy atom. The fraction of sp³-hybridized carbons (Fsp3) is 0.320. The number of aliphatic imine (C=N–C) groups is 1. The second-order valence-electron chi connectivity index (χ2n) is 8.77. The van der Waals surface area contributed by atoms with Gasteiger partial charge in [0, 0.05) is 31.6 Å². The van der Waals surface area contributed by atoms with E-state index in [4.69, 9.17) is 4.74 Å². The Labute approximate surface area is 210 Å². The van der Waals surface area contributed by atoms with Crippen LogP contribution in [0.1, 0.15) is 16.7 Å². The van der Waals surface area contributed by atoms with Crippen LogP contribution >= 0.6 is 11.8 Å². The fourth-order valence-corrected chi connectivity index (χ4v) is 5.42. The van der Waals surface area contributed by atoms with Gasteiger partial charge in [-0.1, -0.05) is 12.1 Å². The van der Waals surface area contributed by atoms with Gasteiger partial charge in [-0.05, 0) is 66.2 Å². The van der Waals surface area contributed by atoms with Crippen LogP contribution in [0.2, 0.25) is 0 Å². The lowest BCUT2D eigenvalue weighted by atomic mass is 9.93. The average Bonchev–Trinajstić information content (AvgIpc) is 3.48. The summed E-state index contributed by atoms with van der Waals surface area (Å²) in [6.45, 7) is 3.15. The van der Waals surface area contributed by atoms with Gasteiger partial charge in [0.15, 0.2) is 5.17 Å². The van der Waals surface area contributed by atoms with E-state index >= 15 is 0 Å². The first kappa shape index (κ1) is 24.4. The van der Waals surface area contributed by atoms with Crippen LogP contribution < -0.4 is 4.74 Å². The predicted octanol–water partition coefficient (Wildman–Crippen LogP) is 4.42. The van der Waals surface area contributed by atoms with Crippen molar-refractivity contribution in [2.45, 2.75) is 12.6 Å². The first-order chi connectivity index (χ1) is 17.2. The number of halogens is 3. The van der Waals surface area contributed by atoms with Crippen LogP contribution in [0.25, 0.3) is 16.5 Å². The molecular formula is C25H24F3N5O2S. The van der Waals surface area contributed by atoms with Crippen molar-refractivity contribution in [2.75, 3.05) is 40.3 Å². The molecule has 0 saturated carbocycles. The first-order valence-corrected chi connectivity index (χ1v) is 12.2. The number of allylic oxidation sites excluding steroid dienone is 1. The molecule has 1 amide bonds. The van der Waals surface area contributed by atoms with Gasteiger partial charge in [-0.3, -0.25) is 9.89 Å². The maximum absolute atomic E-state index is 14.0. The highest BCUT2D eigenvalue weighted by atomic mass is 32.2. The fourth-order valence-electron chi connectivity index (χ4n) is 4.35. The number of ether oxygens (including phenoxy) is 1. The Morgan fingerprint density at radius 3 is 2.64 bits per heavy atom. The quantitative estimate of drug-likeness (QED) is 0.519. The Kier molecular flexibility index (Phi) is 6.52. The van der Waals surface area contributed by atoms with Crippen LogP contribution in [-0.4, -0.2) is 71.4 Å². The molecule has 3 aromatic rings. The summed E-state index contributed by atoms with van der Waals surface area (Å²) in [5, 5.41) is 8.30. The molecule has 1 aromatic heterocycles. The zero-order chi connectivity index (χ0) is 25.4. The van der Waals surface area contributed by atoms with Crippen molar-refractivity contribution in [3.05, 3.63) is 64.2 Å².